The summed E-state index contributed by atoms with van der Waals surface area (Å²) in [5.74, 6) is 0.434. The van der Waals surface area contributed by atoms with Gasteiger partial charge in [-0.1, -0.05) is 12.1 Å². The van der Waals surface area contributed by atoms with Crippen LogP contribution >= 0.6 is 15.9 Å². The van der Waals surface area contributed by atoms with Gasteiger partial charge in [-0.3, -0.25) is 4.79 Å². The summed E-state index contributed by atoms with van der Waals surface area (Å²) in [5, 5.41) is 4.22. The number of benzene rings is 1. The first-order valence-corrected chi connectivity index (χ1v) is 6.58. The Labute approximate surface area is 122 Å². The van der Waals surface area contributed by atoms with E-state index in [1.807, 2.05) is 24.3 Å². The molecule has 1 aromatic carbocycles. The summed E-state index contributed by atoms with van der Waals surface area (Å²) in [6.07, 6.45) is 4.83. The number of hydrogen-bond donors (Lipinski definition) is 2. The highest BCUT2D eigenvalue weighted by Gasteiger charge is 2.10. The van der Waals surface area contributed by atoms with Crippen molar-refractivity contribution in [2.45, 2.75) is 0 Å². The Hall–Kier alpha value is -2.41. The number of hydrogen-bond acceptors (Lipinski definition) is 4. The molecule has 0 aliphatic heterocycles. The molecule has 100 valence electrons. The van der Waals surface area contributed by atoms with E-state index < -0.39 is 0 Å². The van der Waals surface area contributed by atoms with Crippen LogP contribution in [0.25, 0.3) is 16.9 Å². The number of nitrogens with two attached hydrogens (primary N) is 1. The first-order chi connectivity index (χ1) is 9.65. The molecule has 0 spiro atoms. The molecule has 0 fully saturated rings. The second kappa shape index (κ2) is 4.93. The smallest absolute Gasteiger partial charge is 0.267 e. The van der Waals surface area contributed by atoms with Crippen LogP contribution in [0.5, 0.6) is 0 Å². The van der Waals surface area contributed by atoms with E-state index in [0.29, 0.717) is 16.0 Å². The number of nitrogens with one attached hydrogen (secondary N) is 1. The number of rotatable bonds is 2. The third-order valence-electron chi connectivity index (χ3n) is 2.80. The monoisotopic (exact) mass is 331 g/mol. The van der Waals surface area contributed by atoms with Gasteiger partial charge in [-0.05, 0) is 33.6 Å². The van der Waals surface area contributed by atoms with Gasteiger partial charge in [0.15, 0.2) is 5.82 Å². The Morgan fingerprint density at radius 3 is 2.95 bits per heavy atom. The second-order valence-corrected chi connectivity index (χ2v) is 4.96. The number of nitrogens with zero attached hydrogens (tertiary/aromatic N) is 3. The lowest BCUT2D eigenvalue weighted by atomic mass is 10.1. The van der Waals surface area contributed by atoms with Crippen LogP contribution in [0.2, 0.25) is 0 Å². The lowest BCUT2D eigenvalue weighted by Gasteiger charge is -2.01. The fraction of sp³-hybridized carbons (Fsp3) is 0. The molecule has 0 aliphatic rings. The van der Waals surface area contributed by atoms with Crippen LogP contribution < -0.4 is 11.3 Å². The zero-order chi connectivity index (χ0) is 14.1. The molecule has 3 N–H and O–H groups in total. The predicted octanol–water partition coefficient (Wildman–Crippen LogP) is 1.97. The zero-order valence-corrected chi connectivity index (χ0v) is 11.8. The van der Waals surface area contributed by atoms with Crippen LogP contribution in [0.1, 0.15) is 0 Å². The zero-order valence-electron chi connectivity index (χ0n) is 10.2. The predicted molar refractivity (Wildman–Crippen MR) is 79.5 cm³/mol. The molecule has 20 heavy (non-hydrogen) atoms. The third kappa shape index (κ3) is 2.23. The van der Waals surface area contributed by atoms with Crippen molar-refractivity contribution in [1.82, 2.24) is 19.7 Å². The highest BCUT2D eigenvalue weighted by molar-refractivity contribution is 9.10. The minimum atomic E-state index is -0.254. The minimum Gasteiger partial charge on any atom is -0.399 e. The summed E-state index contributed by atoms with van der Waals surface area (Å²) in [6.45, 7) is 0. The molecule has 0 aliphatic carbocycles. The third-order valence-corrected chi connectivity index (χ3v) is 3.51. The van der Waals surface area contributed by atoms with E-state index in [0.717, 1.165) is 11.1 Å². The first-order valence-electron chi connectivity index (χ1n) is 5.79. The Bertz CT molecular complexity index is 823. The molecule has 0 amide bonds. The molecular weight excluding hydrogens is 322 g/mol. The van der Waals surface area contributed by atoms with Crippen LogP contribution in [0.15, 0.2) is 52.3 Å². The molecule has 7 heteroatoms. The Balaban J connectivity index is 2.07. The van der Waals surface area contributed by atoms with E-state index in [2.05, 4.69) is 31.0 Å². The van der Waals surface area contributed by atoms with Gasteiger partial charge in [-0.25, -0.2) is 9.67 Å². The normalized spacial score (nSPS) is 10.7. The highest BCUT2D eigenvalue weighted by atomic mass is 79.9. The van der Waals surface area contributed by atoms with Gasteiger partial charge in [0.25, 0.3) is 5.56 Å². The van der Waals surface area contributed by atoms with Gasteiger partial charge in [0.2, 0.25) is 0 Å². The molecule has 0 saturated heterocycles. The summed E-state index contributed by atoms with van der Waals surface area (Å²) in [4.78, 5) is 18.1. The first kappa shape index (κ1) is 12.6. The van der Waals surface area contributed by atoms with E-state index >= 15 is 0 Å². The van der Waals surface area contributed by atoms with Crippen molar-refractivity contribution < 1.29 is 0 Å². The number of aromatic amines is 1. The van der Waals surface area contributed by atoms with Crippen LogP contribution in [-0.4, -0.2) is 19.7 Å². The molecule has 6 nitrogen and oxygen atoms in total. The van der Waals surface area contributed by atoms with E-state index in [1.165, 1.54) is 11.0 Å². The maximum Gasteiger partial charge on any atom is 0.267 e. The van der Waals surface area contributed by atoms with Crippen molar-refractivity contribution in [2.24, 2.45) is 0 Å². The maximum absolute atomic E-state index is 11.5. The SMILES string of the molecule is Nc1cccc(-c2cnn(-c3nc[nH]c(=O)c3Br)c2)c1. The van der Waals surface area contributed by atoms with E-state index in [9.17, 15) is 4.79 Å². The average molecular weight is 332 g/mol. The van der Waals surface area contributed by atoms with Gasteiger partial charge in [-0.15, -0.1) is 0 Å². The molecule has 3 rings (SSSR count). The van der Waals surface area contributed by atoms with Crippen molar-refractivity contribution in [1.29, 1.82) is 0 Å². The highest BCUT2D eigenvalue weighted by Crippen LogP contribution is 2.22. The standard InChI is InChI=1S/C13H10BrN5O/c14-11-12(16-7-17-13(11)20)19-6-9(5-18-19)8-2-1-3-10(15)4-8/h1-7H,15H2,(H,16,17,20). The largest absolute Gasteiger partial charge is 0.399 e. The Kier molecular flexibility index (Phi) is 3.11. The van der Waals surface area contributed by atoms with Crippen molar-refractivity contribution in [3.05, 3.63) is 57.8 Å². The fourth-order valence-corrected chi connectivity index (χ4v) is 2.24. The average Bonchev–Trinajstić information content (AvgIpc) is 2.91. The van der Waals surface area contributed by atoms with Gasteiger partial charge in [-0.2, -0.15) is 5.10 Å². The molecule has 0 bridgehead atoms. The molecule has 0 atom stereocenters. The molecule has 3 aromatic rings. The summed E-state index contributed by atoms with van der Waals surface area (Å²) < 4.78 is 1.87. The van der Waals surface area contributed by atoms with Crippen LogP contribution in [0.3, 0.4) is 0 Å². The summed E-state index contributed by atoms with van der Waals surface area (Å²) in [7, 11) is 0. The molecule has 2 heterocycles. The number of nitrogen functional groups attached to an aromatic ring is 1. The number of aromatic nitrogens is 4. The van der Waals surface area contributed by atoms with Crippen molar-refractivity contribution >= 4 is 21.6 Å². The maximum atomic E-state index is 11.5. The summed E-state index contributed by atoms with van der Waals surface area (Å²) >= 11 is 3.21. The molecule has 0 radical (unpaired) electrons. The fourth-order valence-electron chi connectivity index (χ4n) is 1.84. The van der Waals surface area contributed by atoms with Gasteiger partial charge in [0.05, 0.1) is 12.5 Å². The second-order valence-electron chi connectivity index (χ2n) is 4.17. The van der Waals surface area contributed by atoms with E-state index in [4.69, 9.17) is 5.73 Å². The lowest BCUT2D eigenvalue weighted by Crippen LogP contribution is -2.12. The topological polar surface area (TPSA) is 89.6 Å². The van der Waals surface area contributed by atoms with Crippen LogP contribution in [0, 0.1) is 0 Å². The quantitative estimate of drug-likeness (QED) is 0.702. The van der Waals surface area contributed by atoms with Crippen LogP contribution in [0.4, 0.5) is 5.69 Å². The molecular formula is C13H10BrN5O. The van der Waals surface area contributed by atoms with E-state index in [-0.39, 0.29) is 5.56 Å². The summed E-state index contributed by atoms with van der Waals surface area (Å²) in [5.41, 5.74) is 8.05. The lowest BCUT2D eigenvalue weighted by molar-refractivity contribution is 0.828. The molecule has 0 unspecified atom stereocenters. The molecule has 2 aromatic heterocycles. The Morgan fingerprint density at radius 1 is 1.30 bits per heavy atom. The minimum absolute atomic E-state index is 0.254. The summed E-state index contributed by atoms with van der Waals surface area (Å²) in [6, 6.07) is 7.51. The van der Waals surface area contributed by atoms with Gasteiger partial charge in [0, 0.05) is 17.4 Å². The van der Waals surface area contributed by atoms with Gasteiger partial charge in [0.1, 0.15) is 4.47 Å². The Morgan fingerprint density at radius 2 is 2.15 bits per heavy atom. The number of H-pyrrole nitrogens is 1. The van der Waals surface area contributed by atoms with Crippen molar-refractivity contribution in [2.75, 3.05) is 5.73 Å². The number of halogens is 1. The van der Waals surface area contributed by atoms with Crippen molar-refractivity contribution in [3.63, 3.8) is 0 Å². The van der Waals surface area contributed by atoms with Crippen molar-refractivity contribution in [3.8, 4) is 16.9 Å². The van der Waals surface area contributed by atoms with E-state index in [1.54, 1.807) is 12.4 Å². The van der Waals surface area contributed by atoms with Crippen LogP contribution in [-0.2, 0) is 0 Å². The van der Waals surface area contributed by atoms with Gasteiger partial charge < -0.3 is 10.7 Å². The van der Waals surface area contributed by atoms with Gasteiger partial charge >= 0.3 is 0 Å². The molecule has 0 saturated carbocycles. The number of anilines is 1.